The molecular formula is C9H19N3O2S. The van der Waals surface area contributed by atoms with E-state index in [-0.39, 0.29) is 5.25 Å². The molecule has 5 nitrogen and oxygen atoms in total. The third-order valence-corrected chi connectivity index (χ3v) is 5.54. The topological polar surface area (TPSA) is 61.4 Å². The van der Waals surface area contributed by atoms with E-state index < -0.39 is 10.0 Å². The zero-order chi connectivity index (χ0) is 10.7. The van der Waals surface area contributed by atoms with Crippen molar-refractivity contribution >= 4 is 10.0 Å². The van der Waals surface area contributed by atoms with Crippen molar-refractivity contribution in [1.82, 2.24) is 14.9 Å². The van der Waals surface area contributed by atoms with Crippen LogP contribution >= 0.6 is 0 Å². The maximum absolute atomic E-state index is 12.2. The Kier molecular flexibility index (Phi) is 3.60. The van der Waals surface area contributed by atoms with Crippen LogP contribution in [0.15, 0.2) is 0 Å². The lowest BCUT2D eigenvalue weighted by Crippen LogP contribution is -2.51. The second kappa shape index (κ2) is 4.78. The van der Waals surface area contributed by atoms with Gasteiger partial charge in [-0.3, -0.25) is 0 Å². The molecule has 0 aliphatic carbocycles. The van der Waals surface area contributed by atoms with Crippen molar-refractivity contribution in [3.8, 4) is 0 Å². The SMILES string of the molecule is O=S(=O)(C1CCNCC1)N1CCNCC1. The highest BCUT2D eigenvalue weighted by atomic mass is 32.2. The summed E-state index contributed by atoms with van der Waals surface area (Å²) < 4.78 is 26.1. The summed E-state index contributed by atoms with van der Waals surface area (Å²) in [6.07, 6.45) is 1.51. The van der Waals surface area contributed by atoms with Gasteiger partial charge in [0.1, 0.15) is 0 Å². The molecule has 2 rings (SSSR count). The van der Waals surface area contributed by atoms with E-state index in [9.17, 15) is 8.42 Å². The van der Waals surface area contributed by atoms with Crippen molar-refractivity contribution in [2.45, 2.75) is 18.1 Å². The fraction of sp³-hybridized carbons (Fsp3) is 1.00. The summed E-state index contributed by atoms with van der Waals surface area (Å²) in [5, 5.41) is 6.21. The third kappa shape index (κ3) is 2.50. The molecule has 0 aromatic heterocycles. The van der Waals surface area contributed by atoms with Crippen LogP contribution in [0.25, 0.3) is 0 Å². The summed E-state index contributed by atoms with van der Waals surface area (Å²) >= 11 is 0. The lowest BCUT2D eigenvalue weighted by molar-refractivity contribution is 0.348. The second-order valence-corrected chi connectivity index (χ2v) is 6.36. The smallest absolute Gasteiger partial charge is 0.217 e. The van der Waals surface area contributed by atoms with Crippen LogP contribution in [0.3, 0.4) is 0 Å². The Bertz CT molecular complexity index is 268. The largest absolute Gasteiger partial charge is 0.317 e. The van der Waals surface area contributed by atoms with Crippen LogP contribution in [0.1, 0.15) is 12.8 Å². The molecule has 0 bridgehead atoms. The minimum atomic E-state index is -3.03. The summed E-state index contributed by atoms with van der Waals surface area (Å²) in [4.78, 5) is 0. The molecule has 6 heteroatoms. The number of hydrogen-bond acceptors (Lipinski definition) is 4. The Morgan fingerprint density at radius 3 is 2.07 bits per heavy atom. The number of rotatable bonds is 2. The lowest BCUT2D eigenvalue weighted by atomic mass is 10.2. The molecule has 2 heterocycles. The number of sulfonamides is 1. The van der Waals surface area contributed by atoms with Crippen LogP contribution in [-0.4, -0.2) is 57.2 Å². The maximum Gasteiger partial charge on any atom is 0.217 e. The Balaban J connectivity index is 2.03. The molecule has 2 aliphatic heterocycles. The zero-order valence-corrected chi connectivity index (χ0v) is 9.72. The van der Waals surface area contributed by atoms with Crippen LogP contribution in [0.2, 0.25) is 0 Å². The van der Waals surface area contributed by atoms with Crippen LogP contribution in [0, 0.1) is 0 Å². The highest BCUT2D eigenvalue weighted by Crippen LogP contribution is 2.17. The van der Waals surface area contributed by atoms with Gasteiger partial charge in [0.05, 0.1) is 5.25 Å². The van der Waals surface area contributed by atoms with Gasteiger partial charge in [-0.15, -0.1) is 0 Å². The summed E-state index contributed by atoms with van der Waals surface area (Å²) in [6, 6.07) is 0. The third-order valence-electron chi connectivity index (χ3n) is 3.14. The van der Waals surface area contributed by atoms with Crippen molar-refractivity contribution < 1.29 is 8.42 Å². The van der Waals surface area contributed by atoms with E-state index in [1.54, 1.807) is 4.31 Å². The van der Waals surface area contributed by atoms with Gasteiger partial charge in [0, 0.05) is 26.2 Å². The van der Waals surface area contributed by atoms with Gasteiger partial charge in [0.25, 0.3) is 0 Å². The predicted molar refractivity (Wildman–Crippen MR) is 59.3 cm³/mol. The van der Waals surface area contributed by atoms with Crippen molar-refractivity contribution in [1.29, 1.82) is 0 Å². The van der Waals surface area contributed by atoms with Crippen molar-refractivity contribution in [2.75, 3.05) is 39.3 Å². The molecule has 2 saturated heterocycles. The van der Waals surface area contributed by atoms with E-state index >= 15 is 0 Å². The fourth-order valence-electron chi connectivity index (χ4n) is 2.20. The quantitative estimate of drug-likeness (QED) is 0.640. The number of nitrogens with zero attached hydrogens (tertiary/aromatic N) is 1. The average Bonchev–Trinajstić information content (AvgIpc) is 2.31. The number of hydrogen-bond donors (Lipinski definition) is 2. The van der Waals surface area contributed by atoms with E-state index in [0.29, 0.717) is 13.1 Å². The average molecular weight is 233 g/mol. The Labute approximate surface area is 91.3 Å². The van der Waals surface area contributed by atoms with Crippen LogP contribution in [0.5, 0.6) is 0 Å². The second-order valence-electron chi connectivity index (χ2n) is 4.14. The van der Waals surface area contributed by atoms with Gasteiger partial charge in [-0.05, 0) is 25.9 Å². The van der Waals surface area contributed by atoms with Crippen molar-refractivity contribution in [2.24, 2.45) is 0 Å². The molecule has 2 aliphatic rings. The number of piperazine rings is 1. The first-order chi connectivity index (χ1) is 7.21. The lowest BCUT2D eigenvalue weighted by Gasteiger charge is -2.32. The summed E-state index contributed by atoms with van der Waals surface area (Å²) in [7, 11) is -3.03. The van der Waals surface area contributed by atoms with Gasteiger partial charge in [-0.2, -0.15) is 4.31 Å². The molecule has 0 aromatic carbocycles. The van der Waals surface area contributed by atoms with Crippen LogP contribution < -0.4 is 10.6 Å². The Hall–Kier alpha value is -0.170. The monoisotopic (exact) mass is 233 g/mol. The molecule has 15 heavy (non-hydrogen) atoms. The highest BCUT2D eigenvalue weighted by molar-refractivity contribution is 7.89. The maximum atomic E-state index is 12.2. The molecule has 88 valence electrons. The van der Waals surface area contributed by atoms with Gasteiger partial charge in [-0.25, -0.2) is 8.42 Å². The molecule has 0 aromatic rings. The number of nitrogens with one attached hydrogen (secondary N) is 2. The summed E-state index contributed by atoms with van der Waals surface area (Å²) in [5.41, 5.74) is 0. The van der Waals surface area contributed by atoms with Crippen molar-refractivity contribution in [3.63, 3.8) is 0 Å². The zero-order valence-electron chi connectivity index (χ0n) is 8.91. The summed E-state index contributed by atoms with van der Waals surface area (Å²) in [5.74, 6) is 0. The first kappa shape index (κ1) is 11.3. The van der Waals surface area contributed by atoms with Gasteiger partial charge in [0.2, 0.25) is 10.0 Å². The Morgan fingerprint density at radius 2 is 1.47 bits per heavy atom. The predicted octanol–water partition coefficient (Wildman–Crippen LogP) is -1.03. The van der Waals surface area contributed by atoms with E-state index in [2.05, 4.69) is 10.6 Å². The molecule has 2 N–H and O–H groups in total. The van der Waals surface area contributed by atoms with E-state index in [1.807, 2.05) is 0 Å². The standard InChI is InChI=1S/C9H19N3O2S/c13-15(14,9-1-3-10-4-2-9)12-7-5-11-6-8-12/h9-11H,1-8H2. The molecule has 0 unspecified atom stereocenters. The fourth-order valence-corrected chi connectivity index (χ4v) is 4.15. The van der Waals surface area contributed by atoms with Crippen molar-refractivity contribution in [3.05, 3.63) is 0 Å². The van der Waals surface area contributed by atoms with Gasteiger partial charge in [-0.1, -0.05) is 0 Å². The van der Waals surface area contributed by atoms with Gasteiger partial charge < -0.3 is 10.6 Å². The first-order valence-corrected chi connectivity index (χ1v) is 7.12. The van der Waals surface area contributed by atoms with E-state index in [4.69, 9.17) is 0 Å². The molecule has 2 fully saturated rings. The minimum absolute atomic E-state index is 0.156. The molecular weight excluding hydrogens is 214 g/mol. The molecule has 0 radical (unpaired) electrons. The molecule has 0 atom stereocenters. The van der Waals surface area contributed by atoms with Crippen LogP contribution in [-0.2, 0) is 10.0 Å². The molecule has 0 amide bonds. The normalized spacial score (nSPS) is 26.7. The molecule has 0 spiro atoms. The van der Waals surface area contributed by atoms with Crippen LogP contribution in [0.4, 0.5) is 0 Å². The highest BCUT2D eigenvalue weighted by Gasteiger charge is 2.33. The summed E-state index contributed by atoms with van der Waals surface area (Å²) in [6.45, 7) is 4.49. The minimum Gasteiger partial charge on any atom is -0.317 e. The first-order valence-electron chi connectivity index (χ1n) is 5.61. The number of piperidine rings is 1. The molecule has 0 saturated carbocycles. The van der Waals surface area contributed by atoms with Gasteiger partial charge >= 0.3 is 0 Å². The van der Waals surface area contributed by atoms with Gasteiger partial charge in [0.15, 0.2) is 0 Å². The Morgan fingerprint density at radius 1 is 0.933 bits per heavy atom. The van der Waals surface area contributed by atoms with E-state index in [0.717, 1.165) is 39.0 Å². The van der Waals surface area contributed by atoms with E-state index in [1.165, 1.54) is 0 Å².